The monoisotopic (exact) mass is 395 g/mol. The molecule has 0 unspecified atom stereocenters. The van der Waals surface area contributed by atoms with Crippen LogP contribution in [0.1, 0.15) is 16.0 Å². The maximum Gasteiger partial charge on any atom is 0.362 e. The highest BCUT2D eigenvalue weighted by atomic mass is 32.1. The summed E-state index contributed by atoms with van der Waals surface area (Å²) in [6, 6.07) is 3.86. The Bertz CT molecular complexity index is 858. The van der Waals surface area contributed by atoms with Gasteiger partial charge in [-0.25, -0.2) is 4.98 Å². The van der Waals surface area contributed by atoms with Crippen molar-refractivity contribution < 1.29 is 19.1 Å². The maximum atomic E-state index is 11.2. The van der Waals surface area contributed by atoms with Gasteiger partial charge in [-0.15, -0.1) is 11.3 Å². The smallest absolute Gasteiger partial charge is 0.362 e. The van der Waals surface area contributed by atoms with Crippen LogP contribution in [0, 0.1) is 0 Å². The molecule has 2 N–H and O–H groups in total. The van der Waals surface area contributed by atoms with E-state index in [1.807, 2.05) is 17.6 Å². The first-order valence-electron chi connectivity index (χ1n) is 8.56. The van der Waals surface area contributed by atoms with E-state index in [0.29, 0.717) is 5.75 Å². The second-order valence-electron chi connectivity index (χ2n) is 6.89. The first kappa shape index (κ1) is 18.1. The molecule has 1 aliphatic heterocycles. The molecule has 26 heavy (non-hydrogen) atoms. The molecule has 7 nitrogen and oxygen atoms in total. The molecule has 0 saturated carbocycles. The molecule has 2 aliphatic rings. The Kier molecular flexibility index (Phi) is 4.90. The lowest BCUT2D eigenvalue weighted by atomic mass is 10.0. The van der Waals surface area contributed by atoms with E-state index in [1.54, 1.807) is 11.3 Å². The summed E-state index contributed by atoms with van der Waals surface area (Å²) in [5, 5.41) is 0. The van der Waals surface area contributed by atoms with E-state index in [4.69, 9.17) is 14.5 Å². The predicted molar refractivity (Wildman–Crippen MR) is 101 cm³/mol. The Hall–Kier alpha value is -1.28. The molecule has 1 saturated heterocycles. The number of ether oxygens (including phenoxy) is 1. The van der Waals surface area contributed by atoms with Gasteiger partial charge in [0, 0.05) is 49.6 Å². The Labute approximate surface area is 156 Å². The number of likely N-dealkylation sites (N-methyl/N-ethyl adjacent to an activating group) is 1. The molecule has 1 fully saturated rings. The molecule has 4 rings (SSSR count). The van der Waals surface area contributed by atoms with Gasteiger partial charge in [0.15, 0.2) is 6.35 Å². The number of hydrogen-bond acceptors (Lipinski definition) is 6. The van der Waals surface area contributed by atoms with E-state index in [1.165, 1.54) is 16.0 Å². The number of benzene rings is 1. The van der Waals surface area contributed by atoms with Crippen molar-refractivity contribution in [3.05, 3.63) is 33.6 Å². The molecule has 2 heterocycles. The Morgan fingerprint density at radius 1 is 1.27 bits per heavy atom. The first-order chi connectivity index (χ1) is 12.4. The van der Waals surface area contributed by atoms with Crippen LogP contribution in [0.4, 0.5) is 0 Å². The van der Waals surface area contributed by atoms with Crippen molar-refractivity contribution in [3.63, 3.8) is 0 Å². The van der Waals surface area contributed by atoms with Crippen LogP contribution in [0.5, 0.6) is 5.75 Å². The van der Waals surface area contributed by atoms with E-state index < -0.39 is 13.9 Å². The fraction of sp³-hybridized carbons (Fsp3) is 0.471. The summed E-state index contributed by atoms with van der Waals surface area (Å²) in [4.78, 5) is 28.7. The highest BCUT2D eigenvalue weighted by molar-refractivity contribution is 7.51. The van der Waals surface area contributed by atoms with Crippen molar-refractivity contribution in [1.29, 1.82) is 0 Å². The van der Waals surface area contributed by atoms with E-state index in [2.05, 4.69) is 21.8 Å². The van der Waals surface area contributed by atoms with E-state index in [9.17, 15) is 4.57 Å². The molecule has 1 aliphatic carbocycles. The normalized spacial score (nSPS) is 18.0. The van der Waals surface area contributed by atoms with Crippen molar-refractivity contribution in [2.75, 3.05) is 39.6 Å². The summed E-state index contributed by atoms with van der Waals surface area (Å²) in [5.74, 6) is 0.509. The first-order valence-corrected chi connectivity index (χ1v) is 11.2. The second kappa shape index (κ2) is 7.03. The average molecular weight is 395 g/mol. The third-order valence-corrected chi connectivity index (χ3v) is 6.26. The SMILES string of the molecule is CN1CCN(Cc2ccc(OCP(=O)(O)O)c3c2Cc2scnc2-3)CC1. The molecule has 0 spiro atoms. The number of rotatable bonds is 5. The van der Waals surface area contributed by atoms with Gasteiger partial charge < -0.3 is 19.4 Å². The molecule has 0 radical (unpaired) electrons. The zero-order valence-electron chi connectivity index (χ0n) is 14.6. The number of nitrogens with zero attached hydrogens (tertiary/aromatic N) is 3. The van der Waals surface area contributed by atoms with Gasteiger partial charge >= 0.3 is 7.60 Å². The van der Waals surface area contributed by atoms with Gasteiger partial charge in [0.2, 0.25) is 0 Å². The summed E-state index contributed by atoms with van der Waals surface area (Å²) in [6.45, 7) is 5.11. The van der Waals surface area contributed by atoms with Crippen LogP contribution in [0.2, 0.25) is 0 Å². The van der Waals surface area contributed by atoms with Crippen LogP contribution < -0.4 is 4.74 Å². The standard InChI is InChI=1S/C17H22N3O4PS/c1-19-4-6-20(7-5-19)9-12-2-3-14(24-11-25(21,22)23)16-13(12)8-15-17(16)18-10-26-15/h2-3,10H,4-9,11H2,1H3,(H2,21,22,23). The topological polar surface area (TPSA) is 86.1 Å². The predicted octanol–water partition coefficient (Wildman–Crippen LogP) is 1.98. The van der Waals surface area contributed by atoms with Crippen molar-refractivity contribution >= 4 is 18.9 Å². The number of piperazine rings is 1. The fourth-order valence-electron chi connectivity index (χ4n) is 3.56. The number of hydrogen-bond donors (Lipinski definition) is 2. The van der Waals surface area contributed by atoms with Crippen LogP contribution >= 0.6 is 18.9 Å². The lowest BCUT2D eigenvalue weighted by Gasteiger charge is -2.32. The van der Waals surface area contributed by atoms with E-state index in [-0.39, 0.29) is 0 Å². The van der Waals surface area contributed by atoms with E-state index in [0.717, 1.165) is 50.4 Å². The molecule has 0 bridgehead atoms. The summed E-state index contributed by atoms with van der Waals surface area (Å²) in [7, 11) is -2.08. The van der Waals surface area contributed by atoms with Gasteiger partial charge in [0.1, 0.15) is 5.75 Å². The molecule has 2 aromatic rings. The number of thiazole rings is 1. The van der Waals surface area contributed by atoms with Gasteiger partial charge in [-0.2, -0.15) is 0 Å². The molecule has 9 heteroatoms. The summed E-state index contributed by atoms with van der Waals surface area (Å²) in [5.41, 5.74) is 6.04. The Balaban J connectivity index is 1.63. The second-order valence-corrected chi connectivity index (χ2v) is 9.42. The van der Waals surface area contributed by atoms with Crippen LogP contribution in [0.25, 0.3) is 11.3 Å². The summed E-state index contributed by atoms with van der Waals surface area (Å²) in [6.07, 6.45) is 0.197. The largest absolute Gasteiger partial charge is 0.480 e. The van der Waals surface area contributed by atoms with Gasteiger partial charge in [-0.3, -0.25) is 9.46 Å². The molecular weight excluding hydrogens is 373 g/mol. The minimum atomic E-state index is -4.23. The van der Waals surface area contributed by atoms with Crippen molar-refractivity contribution in [1.82, 2.24) is 14.8 Å². The molecule has 0 atom stereocenters. The number of aromatic nitrogens is 1. The van der Waals surface area contributed by atoms with Crippen LogP contribution in [0.15, 0.2) is 17.6 Å². The third kappa shape index (κ3) is 3.71. The Morgan fingerprint density at radius 2 is 2.04 bits per heavy atom. The van der Waals surface area contributed by atoms with Crippen molar-refractivity contribution in [2.24, 2.45) is 0 Å². The van der Waals surface area contributed by atoms with Crippen LogP contribution in [0.3, 0.4) is 0 Å². The molecular formula is C17H22N3O4PS. The van der Waals surface area contributed by atoms with Crippen LogP contribution in [-0.2, 0) is 17.5 Å². The zero-order chi connectivity index (χ0) is 18.3. The highest BCUT2D eigenvalue weighted by Crippen LogP contribution is 2.46. The molecule has 1 aromatic heterocycles. The van der Waals surface area contributed by atoms with Gasteiger partial charge in [0.05, 0.1) is 11.2 Å². The van der Waals surface area contributed by atoms with Crippen LogP contribution in [-0.4, -0.2) is 64.1 Å². The molecule has 140 valence electrons. The van der Waals surface area contributed by atoms with Gasteiger partial charge in [-0.05, 0) is 24.2 Å². The molecule has 1 aromatic carbocycles. The summed E-state index contributed by atoms with van der Waals surface area (Å²) < 4.78 is 16.7. The third-order valence-electron chi connectivity index (χ3n) is 4.96. The van der Waals surface area contributed by atoms with E-state index >= 15 is 0 Å². The minimum Gasteiger partial charge on any atom is -0.480 e. The lowest BCUT2D eigenvalue weighted by molar-refractivity contribution is 0.148. The van der Waals surface area contributed by atoms with Crippen molar-refractivity contribution in [3.8, 4) is 17.0 Å². The summed E-state index contributed by atoms with van der Waals surface area (Å²) >= 11 is 1.62. The lowest BCUT2D eigenvalue weighted by Crippen LogP contribution is -2.44. The van der Waals surface area contributed by atoms with Gasteiger partial charge in [0.25, 0.3) is 0 Å². The zero-order valence-corrected chi connectivity index (χ0v) is 16.3. The highest BCUT2D eigenvalue weighted by Gasteiger charge is 2.29. The quantitative estimate of drug-likeness (QED) is 0.639. The maximum absolute atomic E-state index is 11.2. The van der Waals surface area contributed by atoms with Crippen molar-refractivity contribution in [2.45, 2.75) is 13.0 Å². The fourth-order valence-corrected chi connectivity index (χ4v) is 4.65. The molecule has 0 amide bonds. The minimum absolute atomic E-state index is 0.509. The van der Waals surface area contributed by atoms with Gasteiger partial charge in [-0.1, -0.05) is 6.07 Å². The Morgan fingerprint density at radius 3 is 2.77 bits per heavy atom. The number of fused-ring (bicyclic) bond motifs is 3. The average Bonchev–Trinajstić information content (AvgIpc) is 3.17.